The van der Waals surface area contributed by atoms with Crippen molar-refractivity contribution in [3.63, 3.8) is 0 Å². The standard InChI is InChI=1S/C12H20ClN3O/c1-3-5-6-8-17-11-10(13)9-15-12(16-11)14-7-4-2/h9H,3-8H2,1-2H3,(H,14,15,16). The van der Waals surface area contributed by atoms with E-state index >= 15 is 0 Å². The van der Waals surface area contributed by atoms with Crippen LogP contribution in [0.1, 0.15) is 39.5 Å². The molecule has 17 heavy (non-hydrogen) atoms. The molecule has 1 rings (SSSR count). The number of nitrogens with zero attached hydrogens (tertiary/aromatic N) is 2. The maximum absolute atomic E-state index is 5.97. The van der Waals surface area contributed by atoms with Crippen molar-refractivity contribution in [3.05, 3.63) is 11.2 Å². The van der Waals surface area contributed by atoms with Gasteiger partial charge in [0.2, 0.25) is 11.8 Å². The van der Waals surface area contributed by atoms with Gasteiger partial charge < -0.3 is 10.1 Å². The Labute approximate surface area is 108 Å². The molecule has 0 fully saturated rings. The molecule has 0 bridgehead atoms. The van der Waals surface area contributed by atoms with E-state index in [1.807, 2.05) is 0 Å². The maximum atomic E-state index is 5.97. The lowest BCUT2D eigenvalue weighted by atomic mass is 10.3. The highest BCUT2D eigenvalue weighted by Gasteiger charge is 2.06. The molecule has 0 saturated carbocycles. The molecule has 96 valence electrons. The second-order valence-electron chi connectivity index (χ2n) is 3.83. The van der Waals surface area contributed by atoms with Crippen LogP contribution >= 0.6 is 11.6 Å². The second-order valence-corrected chi connectivity index (χ2v) is 4.24. The number of anilines is 1. The van der Waals surface area contributed by atoms with E-state index in [1.165, 1.54) is 6.42 Å². The number of rotatable bonds is 8. The summed E-state index contributed by atoms with van der Waals surface area (Å²) in [4.78, 5) is 8.32. The van der Waals surface area contributed by atoms with E-state index in [1.54, 1.807) is 6.20 Å². The van der Waals surface area contributed by atoms with Gasteiger partial charge in [0.25, 0.3) is 0 Å². The molecular weight excluding hydrogens is 238 g/mol. The van der Waals surface area contributed by atoms with Crippen molar-refractivity contribution in [2.24, 2.45) is 0 Å². The van der Waals surface area contributed by atoms with Crippen LogP contribution < -0.4 is 10.1 Å². The first-order chi connectivity index (χ1) is 8.27. The van der Waals surface area contributed by atoms with Crippen molar-refractivity contribution >= 4 is 17.5 Å². The van der Waals surface area contributed by atoms with Gasteiger partial charge in [0.05, 0.1) is 12.8 Å². The maximum Gasteiger partial charge on any atom is 0.237 e. The van der Waals surface area contributed by atoms with E-state index in [4.69, 9.17) is 16.3 Å². The van der Waals surface area contributed by atoms with Gasteiger partial charge in [-0.15, -0.1) is 0 Å². The normalized spacial score (nSPS) is 10.3. The molecule has 4 nitrogen and oxygen atoms in total. The van der Waals surface area contributed by atoms with Crippen molar-refractivity contribution in [1.29, 1.82) is 0 Å². The lowest BCUT2D eigenvalue weighted by molar-refractivity contribution is 0.295. The fraction of sp³-hybridized carbons (Fsp3) is 0.667. The molecule has 0 radical (unpaired) electrons. The lowest BCUT2D eigenvalue weighted by Gasteiger charge is -2.08. The number of hydrogen-bond acceptors (Lipinski definition) is 4. The van der Waals surface area contributed by atoms with Crippen LogP contribution in [0.4, 0.5) is 5.95 Å². The van der Waals surface area contributed by atoms with E-state index in [0.29, 0.717) is 23.5 Å². The topological polar surface area (TPSA) is 47.0 Å². The molecular formula is C12H20ClN3O. The smallest absolute Gasteiger partial charge is 0.237 e. The third kappa shape index (κ3) is 5.22. The molecule has 0 aliphatic carbocycles. The van der Waals surface area contributed by atoms with E-state index < -0.39 is 0 Å². The third-order valence-electron chi connectivity index (χ3n) is 2.23. The Morgan fingerprint density at radius 2 is 2.12 bits per heavy atom. The Hall–Kier alpha value is -1.03. The highest BCUT2D eigenvalue weighted by atomic mass is 35.5. The summed E-state index contributed by atoms with van der Waals surface area (Å²) >= 11 is 5.97. The van der Waals surface area contributed by atoms with E-state index in [-0.39, 0.29) is 0 Å². The average Bonchev–Trinajstić information content (AvgIpc) is 2.35. The van der Waals surface area contributed by atoms with Crippen LogP contribution in [0.5, 0.6) is 5.88 Å². The number of hydrogen-bond donors (Lipinski definition) is 1. The van der Waals surface area contributed by atoms with Crippen molar-refractivity contribution in [1.82, 2.24) is 9.97 Å². The largest absolute Gasteiger partial charge is 0.476 e. The summed E-state index contributed by atoms with van der Waals surface area (Å²) in [7, 11) is 0. The first kappa shape index (κ1) is 14.0. The zero-order chi connectivity index (χ0) is 12.5. The molecule has 0 aromatic carbocycles. The summed E-state index contributed by atoms with van der Waals surface area (Å²) in [6, 6.07) is 0. The van der Waals surface area contributed by atoms with E-state index in [9.17, 15) is 0 Å². The minimum absolute atomic E-state index is 0.462. The number of nitrogens with one attached hydrogen (secondary N) is 1. The molecule has 1 aromatic rings. The molecule has 1 aromatic heterocycles. The zero-order valence-electron chi connectivity index (χ0n) is 10.5. The van der Waals surface area contributed by atoms with Crippen LogP contribution in [0.2, 0.25) is 5.02 Å². The number of ether oxygens (including phenoxy) is 1. The van der Waals surface area contributed by atoms with Gasteiger partial charge in [0.15, 0.2) is 0 Å². The summed E-state index contributed by atoms with van der Waals surface area (Å²) in [5, 5.41) is 3.56. The fourth-order valence-corrected chi connectivity index (χ4v) is 1.44. The van der Waals surface area contributed by atoms with E-state index in [0.717, 1.165) is 25.8 Å². The first-order valence-corrected chi connectivity index (χ1v) is 6.55. The number of halogens is 1. The van der Waals surface area contributed by atoms with Crippen LogP contribution in [0.3, 0.4) is 0 Å². The van der Waals surface area contributed by atoms with Crippen LogP contribution in [0.15, 0.2) is 6.20 Å². The molecule has 0 spiro atoms. The summed E-state index contributed by atoms with van der Waals surface area (Å²) in [6.07, 6.45) is 5.95. The Morgan fingerprint density at radius 3 is 2.82 bits per heavy atom. The van der Waals surface area contributed by atoms with Gasteiger partial charge in [-0.1, -0.05) is 38.3 Å². The quantitative estimate of drug-likeness (QED) is 0.724. The molecule has 1 N–H and O–H groups in total. The fourth-order valence-electron chi connectivity index (χ4n) is 1.30. The summed E-state index contributed by atoms with van der Waals surface area (Å²) in [5.74, 6) is 1.04. The molecule has 0 saturated heterocycles. The zero-order valence-corrected chi connectivity index (χ0v) is 11.3. The van der Waals surface area contributed by atoms with Crippen LogP contribution in [0.25, 0.3) is 0 Å². The molecule has 0 aliphatic heterocycles. The van der Waals surface area contributed by atoms with Crippen LogP contribution in [0, 0.1) is 0 Å². The molecule has 0 atom stereocenters. The van der Waals surface area contributed by atoms with Crippen molar-refractivity contribution < 1.29 is 4.74 Å². The van der Waals surface area contributed by atoms with Gasteiger partial charge in [-0.2, -0.15) is 4.98 Å². The average molecular weight is 258 g/mol. The Balaban J connectivity index is 2.50. The molecule has 0 unspecified atom stereocenters. The molecule has 0 aliphatic rings. The number of unbranched alkanes of at least 4 members (excludes halogenated alkanes) is 2. The third-order valence-corrected chi connectivity index (χ3v) is 2.49. The van der Waals surface area contributed by atoms with E-state index in [2.05, 4.69) is 29.1 Å². The van der Waals surface area contributed by atoms with Gasteiger partial charge in [0.1, 0.15) is 5.02 Å². The SMILES string of the molecule is CCCCCOc1nc(NCCC)ncc1Cl. The monoisotopic (exact) mass is 257 g/mol. The second kappa shape index (κ2) is 8.12. The highest BCUT2D eigenvalue weighted by molar-refractivity contribution is 6.31. The Morgan fingerprint density at radius 1 is 1.29 bits per heavy atom. The van der Waals surface area contributed by atoms with Gasteiger partial charge in [-0.25, -0.2) is 4.98 Å². The lowest BCUT2D eigenvalue weighted by Crippen LogP contribution is -2.06. The number of aromatic nitrogens is 2. The molecule has 0 amide bonds. The van der Waals surface area contributed by atoms with Crippen molar-refractivity contribution in [3.8, 4) is 5.88 Å². The first-order valence-electron chi connectivity index (χ1n) is 6.17. The van der Waals surface area contributed by atoms with Crippen LogP contribution in [-0.4, -0.2) is 23.1 Å². The van der Waals surface area contributed by atoms with Crippen molar-refractivity contribution in [2.75, 3.05) is 18.5 Å². The summed E-state index contributed by atoms with van der Waals surface area (Å²) < 4.78 is 5.54. The molecule has 1 heterocycles. The predicted molar refractivity (Wildman–Crippen MR) is 70.8 cm³/mol. The minimum Gasteiger partial charge on any atom is -0.476 e. The Bertz CT molecular complexity index is 334. The molecule has 5 heteroatoms. The predicted octanol–water partition coefficient (Wildman–Crippen LogP) is 3.52. The van der Waals surface area contributed by atoms with Gasteiger partial charge >= 0.3 is 0 Å². The summed E-state index contributed by atoms with van der Waals surface area (Å²) in [5.41, 5.74) is 0. The van der Waals surface area contributed by atoms with Gasteiger partial charge in [-0.05, 0) is 12.8 Å². The highest BCUT2D eigenvalue weighted by Crippen LogP contribution is 2.22. The van der Waals surface area contributed by atoms with Crippen molar-refractivity contribution in [2.45, 2.75) is 39.5 Å². The van der Waals surface area contributed by atoms with Crippen LogP contribution in [-0.2, 0) is 0 Å². The minimum atomic E-state index is 0.462. The summed E-state index contributed by atoms with van der Waals surface area (Å²) in [6.45, 7) is 5.74. The Kier molecular flexibility index (Phi) is 6.70. The van der Waals surface area contributed by atoms with Gasteiger partial charge in [0, 0.05) is 6.54 Å². The van der Waals surface area contributed by atoms with Gasteiger partial charge in [-0.3, -0.25) is 0 Å².